The number of carbonyl (C=O) groups is 3. The van der Waals surface area contributed by atoms with Crippen LogP contribution in [0.25, 0.3) is 5.76 Å². The first-order valence-electron chi connectivity index (χ1n) is 11.8. The largest absolute Gasteiger partial charge is 0.506 e. The Labute approximate surface area is 214 Å². The summed E-state index contributed by atoms with van der Waals surface area (Å²) in [5.41, 5.74) is 1.18. The molecule has 8 heteroatoms. The molecule has 1 amide bonds. The van der Waals surface area contributed by atoms with Crippen molar-refractivity contribution in [2.24, 2.45) is 0 Å². The normalized spacial score (nSPS) is 16.5. The Morgan fingerprint density at radius 3 is 2.19 bits per heavy atom. The molecule has 0 aliphatic carbocycles. The van der Waals surface area contributed by atoms with Crippen LogP contribution in [0, 0.1) is 0 Å². The van der Waals surface area contributed by atoms with E-state index >= 15 is 0 Å². The first kappa shape index (κ1) is 25.5. The van der Waals surface area contributed by atoms with Crippen molar-refractivity contribution in [1.29, 1.82) is 0 Å². The Morgan fingerprint density at radius 1 is 0.919 bits per heavy atom. The SMILES string of the molecule is CCCOC(=O)c1cccc(N2C(=O)C(=O)/C(=C(/O)c3c(OC)cccc3OC)C2c2ccccc2)c1. The molecule has 37 heavy (non-hydrogen) atoms. The van der Waals surface area contributed by atoms with Gasteiger partial charge in [0.15, 0.2) is 0 Å². The lowest BCUT2D eigenvalue weighted by Crippen LogP contribution is -2.29. The van der Waals surface area contributed by atoms with Gasteiger partial charge in [0, 0.05) is 5.69 Å². The Hall–Kier alpha value is -4.59. The van der Waals surface area contributed by atoms with E-state index in [0.29, 0.717) is 17.7 Å². The molecule has 0 spiro atoms. The Morgan fingerprint density at radius 2 is 1.57 bits per heavy atom. The number of hydrogen-bond acceptors (Lipinski definition) is 7. The van der Waals surface area contributed by atoms with Crippen LogP contribution in [0.3, 0.4) is 0 Å². The summed E-state index contributed by atoms with van der Waals surface area (Å²) in [5.74, 6) is -2.13. The highest BCUT2D eigenvalue weighted by atomic mass is 16.5. The fourth-order valence-corrected chi connectivity index (χ4v) is 4.33. The van der Waals surface area contributed by atoms with Gasteiger partial charge in [-0.25, -0.2) is 4.79 Å². The summed E-state index contributed by atoms with van der Waals surface area (Å²) in [6.07, 6.45) is 0.667. The number of hydrogen-bond donors (Lipinski definition) is 1. The number of amides is 1. The summed E-state index contributed by atoms with van der Waals surface area (Å²) < 4.78 is 16.1. The predicted molar refractivity (Wildman–Crippen MR) is 138 cm³/mol. The van der Waals surface area contributed by atoms with Gasteiger partial charge in [0.2, 0.25) is 0 Å². The van der Waals surface area contributed by atoms with Gasteiger partial charge in [-0.3, -0.25) is 14.5 Å². The summed E-state index contributed by atoms with van der Waals surface area (Å²) in [6.45, 7) is 2.15. The number of benzene rings is 3. The molecule has 1 unspecified atom stereocenters. The Balaban J connectivity index is 1.93. The molecule has 0 bridgehead atoms. The Kier molecular flexibility index (Phi) is 7.57. The molecule has 1 atom stereocenters. The predicted octanol–water partition coefficient (Wildman–Crippen LogP) is 4.90. The molecule has 1 fully saturated rings. The maximum atomic E-state index is 13.5. The zero-order chi connectivity index (χ0) is 26.5. The van der Waals surface area contributed by atoms with Crippen LogP contribution in [0.1, 0.15) is 40.9 Å². The van der Waals surface area contributed by atoms with Gasteiger partial charge < -0.3 is 19.3 Å². The van der Waals surface area contributed by atoms with Gasteiger partial charge in [0.05, 0.1) is 38.0 Å². The summed E-state index contributed by atoms with van der Waals surface area (Å²) in [5, 5.41) is 11.5. The van der Waals surface area contributed by atoms with Gasteiger partial charge in [-0.1, -0.05) is 49.4 Å². The lowest BCUT2D eigenvalue weighted by molar-refractivity contribution is -0.132. The second kappa shape index (κ2) is 11.0. The fourth-order valence-electron chi connectivity index (χ4n) is 4.33. The van der Waals surface area contributed by atoms with E-state index in [-0.39, 0.29) is 34.8 Å². The number of esters is 1. The molecule has 0 aromatic heterocycles. The quantitative estimate of drug-likeness (QED) is 0.203. The number of nitrogens with zero attached hydrogens (tertiary/aromatic N) is 1. The van der Waals surface area contributed by atoms with Crippen molar-refractivity contribution in [3.8, 4) is 11.5 Å². The molecule has 0 radical (unpaired) electrons. The number of aliphatic hydroxyl groups excluding tert-OH is 1. The summed E-state index contributed by atoms with van der Waals surface area (Å²) >= 11 is 0. The maximum absolute atomic E-state index is 13.5. The van der Waals surface area contributed by atoms with Crippen LogP contribution in [0.4, 0.5) is 5.69 Å². The number of ketones is 1. The topological polar surface area (TPSA) is 102 Å². The van der Waals surface area contributed by atoms with Gasteiger partial charge in [-0.2, -0.15) is 0 Å². The van der Waals surface area contributed by atoms with E-state index in [4.69, 9.17) is 14.2 Å². The molecule has 1 heterocycles. The van der Waals surface area contributed by atoms with Crippen molar-refractivity contribution in [2.75, 3.05) is 25.7 Å². The minimum atomic E-state index is -0.974. The van der Waals surface area contributed by atoms with Gasteiger partial charge in [-0.15, -0.1) is 0 Å². The number of Topliss-reactive ketones (excluding diaryl/α,β-unsaturated/α-hetero) is 1. The summed E-state index contributed by atoms with van der Waals surface area (Å²) in [7, 11) is 2.86. The molecule has 0 saturated carbocycles. The van der Waals surface area contributed by atoms with E-state index < -0.39 is 29.5 Å². The van der Waals surface area contributed by atoms with E-state index in [0.717, 1.165) is 0 Å². The van der Waals surface area contributed by atoms with Crippen LogP contribution >= 0.6 is 0 Å². The molecular weight excluding hydrogens is 474 g/mol. The molecule has 8 nitrogen and oxygen atoms in total. The third-order valence-electron chi connectivity index (χ3n) is 6.02. The van der Waals surface area contributed by atoms with Crippen molar-refractivity contribution in [3.05, 3.63) is 95.1 Å². The number of aliphatic hydroxyl groups is 1. The standard InChI is InChI=1S/C29H27NO7/c1-4-16-37-29(34)19-12-8-13-20(17-19)30-25(18-10-6-5-7-11-18)24(27(32)28(30)33)26(31)23-21(35-2)14-9-15-22(23)36-3/h5-15,17,25,31H,4,16H2,1-3H3/b26-24+. The van der Waals surface area contributed by atoms with Crippen molar-refractivity contribution < 1.29 is 33.7 Å². The van der Waals surface area contributed by atoms with Crippen LogP contribution in [-0.4, -0.2) is 43.6 Å². The highest BCUT2D eigenvalue weighted by molar-refractivity contribution is 6.51. The minimum absolute atomic E-state index is 0.127. The molecule has 3 aromatic carbocycles. The molecule has 3 aromatic rings. The van der Waals surface area contributed by atoms with Gasteiger partial charge >= 0.3 is 5.97 Å². The van der Waals surface area contributed by atoms with Crippen molar-refractivity contribution >= 4 is 29.1 Å². The van der Waals surface area contributed by atoms with E-state index in [1.54, 1.807) is 60.7 Å². The number of carbonyl (C=O) groups excluding carboxylic acids is 3. The third kappa shape index (κ3) is 4.78. The van der Waals surface area contributed by atoms with E-state index in [2.05, 4.69) is 0 Å². The molecular formula is C29H27NO7. The van der Waals surface area contributed by atoms with Crippen LogP contribution < -0.4 is 14.4 Å². The van der Waals surface area contributed by atoms with Crippen LogP contribution in [0.5, 0.6) is 11.5 Å². The molecule has 1 aliphatic heterocycles. The first-order valence-corrected chi connectivity index (χ1v) is 11.8. The zero-order valence-electron chi connectivity index (χ0n) is 20.8. The minimum Gasteiger partial charge on any atom is -0.506 e. The van der Waals surface area contributed by atoms with Gasteiger partial charge in [-0.05, 0) is 42.3 Å². The van der Waals surface area contributed by atoms with E-state index in [1.807, 2.05) is 13.0 Å². The van der Waals surface area contributed by atoms with Crippen LogP contribution in [0.15, 0.2) is 78.4 Å². The highest BCUT2D eigenvalue weighted by Crippen LogP contribution is 2.45. The number of ether oxygens (including phenoxy) is 3. The van der Waals surface area contributed by atoms with Crippen molar-refractivity contribution in [2.45, 2.75) is 19.4 Å². The molecule has 1 N–H and O–H groups in total. The number of methoxy groups -OCH3 is 2. The lowest BCUT2D eigenvalue weighted by Gasteiger charge is -2.26. The fraction of sp³-hybridized carbons (Fsp3) is 0.207. The maximum Gasteiger partial charge on any atom is 0.338 e. The Bertz CT molecular complexity index is 1340. The molecule has 4 rings (SSSR count). The first-order chi connectivity index (χ1) is 17.9. The monoisotopic (exact) mass is 501 g/mol. The second-order valence-corrected chi connectivity index (χ2v) is 8.30. The van der Waals surface area contributed by atoms with Gasteiger partial charge in [0.1, 0.15) is 22.8 Å². The van der Waals surface area contributed by atoms with Crippen molar-refractivity contribution in [1.82, 2.24) is 0 Å². The van der Waals surface area contributed by atoms with Gasteiger partial charge in [0.25, 0.3) is 11.7 Å². The average molecular weight is 502 g/mol. The summed E-state index contributed by atoms with van der Waals surface area (Å²) in [4.78, 5) is 40.7. The molecule has 1 saturated heterocycles. The molecule has 190 valence electrons. The second-order valence-electron chi connectivity index (χ2n) is 8.30. The summed E-state index contributed by atoms with van der Waals surface area (Å²) in [6, 6.07) is 19.2. The smallest absolute Gasteiger partial charge is 0.338 e. The number of rotatable bonds is 8. The van der Waals surface area contributed by atoms with E-state index in [1.165, 1.54) is 25.2 Å². The number of anilines is 1. The average Bonchev–Trinajstić information content (AvgIpc) is 3.21. The third-order valence-corrected chi connectivity index (χ3v) is 6.02. The zero-order valence-corrected chi connectivity index (χ0v) is 20.8. The van der Waals surface area contributed by atoms with Crippen LogP contribution in [0.2, 0.25) is 0 Å². The van der Waals surface area contributed by atoms with Crippen molar-refractivity contribution in [3.63, 3.8) is 0 Å². The van der Waals surface area contributed by atoms with Crippen LogP contribution in [-0.2, 0) is 14.3 Å². The lowest BCUT2D eigenvalue weighted by atomic mass is 9.94. The van der Waals surface area contributed by atoms with E-state index in [9.17, 15) is 19.5 Å². The highest BCUT2D eigenvalue weighted by Gasteiger charge is 2.47. The molecule has 1 aliphatic rings.